The molecule has 0 aliphatic rings. The van der Waals surface area contributed by atoms with Gasteiger partial charge in [0.15, 0.2) is 0 Å². The molecule has 12 aromatic rings. The SMILES string of the molecule is c1ccc(-c2cc(-c3ccccc3)cc(N(c3cccc4sc5cc(-c6ccccc6)ccc5c34)c3ccc(-c4ccccc4)c4sc5cc(-c6ccccc6)ccc5c34)c2)cc1. The molecule has 0 radical (unpaired) electrons. The van der Waals surface area contributed by atoms with Crippen molar-refractivity contribution in [3.05, 3.63) is 237 Å². The lowest BCUT2D eigenvalue weighted by atomic mass is 9.95. The standard InChI is InChI=1S/C60H39NS2/c1-6-17-40(18-7-1)45-29-31-51-56(38-45)62-55-28-16-27-53(58(51)55)61(49-36-47(42-21-10-3-11-22-42)35-48(37-49)43-23-12-4-13-24-43)54-34-33-50(44-25-14-5-15-26-44)60-59(54)52-32-30-46(39-57(52)63-60)41-19-8-2-9-20-41/h1-39H. The Morgan fingerprint density at radius 2 is 0.730 bits per heavy atom. The quantitative estimate of drug-likeness (QED) is 0.147. The fraction of sp³-hybridized carbons (Fsp3) is 0. The lowest BCUT2D eigenvalue weighted by molar-refractivity contribution is 1.32. The van der Waals surface area contributed by atoms with Crippen LogP contribution in [0.2, 0.25) is 0 Å². The third-order valence-electron chi connectivity index (χ3n) is 12.2. The highest BCUT2D eigenvalue weighted by Gasteiger charge is 2.25. The van der Waals surface area contributed by atoms with E-state index in [0.717, 1.165) is 17.1 Å². The van der Waals surface area contributed by atoms with Crippen LogP contribution >= 0.6 is 22.7 Å². The molecule has 2 aromatic heterocycles. The number of nitrogens with zero attached hydrogens (tertiary/aromatic N) is 1. The molecule has 1 nitrogen and oxygen atoms in total. The highest BCUT2D eigenvalue weighted by atomic mass is 32.1. The van der Waals surface area contributed by atoms with Gasteiger partial charge in [0.25, 0.3) is 0 Å². The van der Waals surface area contributed by atoms with E-state index in [-0.39, 0.29) is 0 Å². The Hall–Kier alpha value is -7.56. The lowest BCUT2D eigenvalue weighted by Gasteiger charge is -2.29. The van der Waals surface area contributed by atoms with Crippen LogP contribution in [0.15, 0.2) is 237 Å². The molecule has 0 fully saturated rings. The second-order valence-electron chi connectivity index (χ2n) is 16.0. The van der Waals surface area contributed by atoms with Crippen molar-refractivity contribution in [3.8, 4) is 55.6 Å². The van der Waals surface area contributed by atoms with Gasteiger partial charge < -0.3 is 4.90 Å². The van der Waals surface area contributed by atoms with Crippen molar-refractivity contribution in [1.29, 1.82) is 0 Å². The highest BCUT2D eigenvalue weighted by Crippen LogP contribution is 2.52. The zero-order valence-corrected chi connectivity index (χ0v) is 35.9. The van der Waals surface area contributed by atoms with Gasteiger partial charge in [-0.3, -0.25) is 0 Å². The van der Waals surface area contributed by atoms with Crippen LogP contribution in [-0.2, 0) is 0 Å². The summed E-state index contributed by atoms with van der Waals surface area (Å²) in [6.07, 6.45) is 0. The minimum Gasteiger partial charge on any atom is -0.309 e. The van der Waals surface area contributed by atoms with Crippen molar-refractivity contribution in [2.45, 2.75) is 0 Å². The van der Waals surface area contributed by atoms with E-state index in [2.05, 4.69) is 241 Å². The monoisotopic (exact) mass is 837 g/mol. The van der Waals surface area contributed by atoms with Crippen molar-refractivity contribution in [3.63, 3.8) is 0 Å². The van der Waals surface area contributed by atoms with Crippen LogP contribution in [0.1, 0.15) is 0 Å². The van der Waals surface area contributed by atoms with Gasteiger partial charge in [-0.1, -0.05) is 188 Å². The molecule has 0 saturated heterocycles. The minimum atomic E-state index is 1.11. The molecule has 0 spiro atoms. The van der Waals surface area contributed by atoms with Crippen molar-refractivity contribution >= 4 is 80.1 Å². The summed E-state index contributed by atoms with van der Waals surface area (Å²) in [7, 11) is 0. The molecule has 0 saturated carbocycles. The Bertz CT molecular complexity index is 3540. The summed E-state index contributed by atoms with van der Waals surface area (Å²) in [4.78, 5) is 2.56. The highest BCUT2D eigenvalue weighted by molar-refractivity contribution is 7.26. The lowest BCUT2D eigenvalue weighted by Crippen LogP contribution is -2.11. The molecular formula is C60H39NS2. The van der Waals surface area contributed by atoms with Crippen LogP contribution in [0.5, 0.6) is 0 Å². The van der Waals surface area contributed by atoms with Crippen LogP contribution in [0.4, 0.5) is 17.1 Å². The Labute approximate surface area is 375 Å². The van der Waals surface area contributed by atoms with Gasteiger partial charge in [-0.15, -0.1) is 22.7 Å². The Morgan fingerprint density at radius 1 is 0.270 bits per heavy atom. The zero-order chi connectivity index (χ0) is 41.7. The molecule has 63 heavy (non-hydrogen) atoms. The van der Waals surface area contributed by atoms with Gasteiger partial charge in [0.1, 0.15) is 0 Å². The zero-order valence-electron chi connectivity index (χ0n) is 34.3. The largest absolute Gasteiger partial charge is 0.309 e. The van der Waals surface area contributed by atoms with Crippen LogP contribution in [-0.4, -0.2) is 0 Å². The van der Waals surface area contributed by atoms with E-state index < -0.39 is 0 Å². The second-order valence-corrected chi connectivity index (χ2v) is 18.2. The Morgan fingerprint density at radius 3 is 1.27 bits per heavy atom. The molecule has 0 N–H and O–H groups in total. The van der Waals surface area contributed by atoms with Crippen LogP contribution in [0, 0.1) is 0 Å². The van der Waals surface area contributed by atoms with E-state index in [0.29, 0.717) is 0 Å². The van der Waals surface area contributed by atoms with Gasteiger partial charge in [0.05, 0.1) is 11.4 Å². The number of hydrogen-bond acceptors (Lipinski definition) is 3. The molecule has 12 rings (SSSR count). The maximum absolute atomic E-state index is 2.56. The third kappa shape index (κ3) is 6.70. The molecule has 0 unspecified atom stereocenters. The molecule has 10 aromatic carbocycles. The van der Waals surface area contributed by atoms with Gasteiger partial charge >= 0.3 is 0 Å². The minimum absolute atomic E-state index is 1.11. The van der Waals surface area contributed by atoms with E-state index in [1.165, 1.54) is 96.0 Å². The third-order valence-corrected chi connectivity index (χ3v) is 14.5. The first kappa shape index (κ1) is 37.2. The maximum Gasteiger partial charge on any atom is 0.0555 e. The van der Waals surface area contributed by atoms with Crippen molar-refractivity contribution in [1.82, 2.24) is 0 Å². The second kappa shape index (κ2) is 15.7. The maximum atomic E-state index is 2.56. The van der Waals surface area contributed by atoms with Gasteiger partial charge in [-0.25, -0.2) is 0 Å². The molecule has 0 aliphatic heterocycles. The van der Waals surface area contributed by atoms with Crippen molar-refractivity contribution < 1.29 is 0 Å². The van der Waals surface area contributed by atoms with E-state index >= 15 is 0 Å². The number of rotatable bonds is 8. The summed E-state index contributed by atoms with van der Waals surface area (Å²) in [5, 5.41) is 5.03. The summed E-state index contributed by atoms with van der Waals surface area (Å²) >= 11 is 3.77. The predicted molar refractivity (Wildman–Crippen MR) is 274 cm³/mol. The number of fused-ring (bicyclic) bond motifs is 6. The van der Waals surface area contributed by atoms with Crippen molar-refractivity contribution in [2.24, 2.45) is 0 Å². The van der Waals surface area contributed by atoms with Gasteiger partial charge in [0, 0.05) is 46.0 Å². The average molecular weight is 838 g/mol. The van der Waals surface area contributed by atoms with Crippen LogP contribution < -0.4 is 4.90 Å². The number of thiophene rings is 2. The first-order valence-electron chi connectivity index (χ1n) is 21.4. The molecule has 2 heterocycles. The Kier molecular flexibility index (Phi) is 9.29. The summed E-state index contributed by atoms with van der Waals surface area (Å²) in [6.45, 7) is 0. The molecule has 3 heteroatoms. The average Bonchev–Trinajstić information content (AvgIpc) is 3.94. The van der Waals surface area contributed by atoms with Gasteiger partial charge in [0.2, 0.25) is 0 Å². The number of benzene rings is 10. The fourth-order valence-electron chi connectivity index (χ4n) is 9.25. The van der Waals surface area contributed by atoms with Crippen LogP contribution in [0.3, 0.4) is 0 Å². The Balaban J connectivity index is 1.18. The normalized spacial score (nSPS) is 11.5. The summed E-state index contributed by atoms with van der Waals surface area (Å²) in [5.74, 6) is 0. The number of hydrogen-bond donors (Lipinski definition) is 0. The predicted octanol–water partition coefficient (Wildman–Crippen LogP) is 18.2. The number of anilines is 3. The van der Waals surface area contributed by atoms with Gasteiger partial charge in [-0.05, 0) is 104 Å². The molecule has 0 atom stereocenters. The topological polar surface area (TPSA) is 3.24 Å². The van der Waals surface area contributed by atoms with E-state index in [1.54, 1.807) is 0 Å². The fourth-order valence-corrected chi connectivity index (χ4v) is 11.7. The summed E-state index contributed by atoms with van der Waals surface area (Å²) < 4.78 is 5.09. The van der Waals surface area contributed by atoms with Crippen LogP contribution in [0.25, 0.3) is 96.0 Å². The molecule has 0 aliphatic carbocycles. The van der Waals surface area contributed by atoms with E-state index in [9.17, 15) is 0 Å². The molecule has 0 amide bonds. The molecule has 0 bridgehead atoms. The van der Waals surface area contributed by atoms with Crippen molar-refractivity contribution in [2.75, 3.05) is 4.90 Å². The molecule has 296 valence electrons. The van der Waals surface area contributed by atoms with Gasteiger partial charge in [-0.2, -0.15) is 0 Å². The first-order valence-corrected chi connectivity index (χ1v) is 23.0. The summed E-state index contributed by atoms with van der Waals surface area (Å²) in [5.41, 5.74) is 15.5. The first-order chi connectivity index (χ1) is 31.2. The van der Waals surface area contributed by atoms with E-state index in [4.69, 9.17) is 0 Å². The summed E-state index contributed by atoms with van der Waals surface area (Å²) in [6, 6.07) is 86.7. The molecular weight excluding hydrogens is 799 g/mol. The van der Waals surface area contributed by atoms with E-state index in [1.807, 2.05) is 22.7 Å². The smallest absolute Gasteiger partial charge is 0.0555 e.